The molecule has 0 radical (unpaired) electrons. The van der Waals surface area contributed by atoms with Gasteiger partial charge in [-0.05, 0) is 36.5 Å². The number of rotatable bonds is 5. The smallest absolute Gasteiger partial charge is 0.282 e. The van der Waals surface area contributed by atoms with Gasteiger partial charge in [-0.15, -0.1) is 0 Å². The minimum atomic E-state index is -0.554. The first-order chi connectivity index (χ1) is 11.6. The molecule has 0 bridgehead atoms. The summed E-state index contributed by atoms with van der Waals surface area (Å²) in [5.41, 5.74) is 1.07. The summed E-state index contributed by atoms with van der Waals surface area (Å²) in [6.45, 7) is 0. The molecule has 1 fully saturated rings. The van der Waals surface area contributed by atoms with E-state index in [1.54, 1.807) is 0 Å². The molecule has 0 aromatic heterocycles. The van der Waals surface area contributed by atoms with E-state index in [1.807, 2.05) is 18.2 Å². The van der Waals surface area contributed by atoms with Crippen LogP contribution in [0.25, 0.3) is 0 Å². The monoisotopic (exact) mass is 326 g/mol. The quantitative estimate of drug-likeness (QED) is 0.675. The van der Waals surface area contributed by atoms with Crippen molar-refractivity contribution in [2.24, 2.45) is 0 Å². The number of nitro groups is 1. The average Bonchev–Trinajstić information content (AvgIpc) is 2.57. The van der Waals surface area contributed by atoms with Gasteiger partial charge in [-0.3, -0.25) is 14.9 Å². The van der Waals surface area contributed by atoms with Crippen molar-refractivity contribution in [2.75, 3.05) is 7.11 Å². The van der Waals surface area contributed by atoms with Gasteiger partial charge in [0.2, 0.25) is 0 Å². The highest BCUT2D eigenvalue weighted by molar-refractivity contribution is 5.98. The third-order valence-corrected chi connectivity index (χ3v) is 4.39. The summed E-state index contributed by atoms with van der Waals surface area (Å²) in [6.07, 6.45) is 1.68. The lowest BCUT2D eigenvalue weighted by Gasteiger charge is -2.36. The second-order valence-electron chi connectivity index (χ2n) is 5.89. The molecule has 24 heavy (non-hydrogen) atoms. The number of methoxy groups -OCH3 is 1. The maximum Gasteiger partial charge on any atom is 0.282 e. The van der Waals surface area contributed by atoms with Crippen LogP contribution in [0, 0.1) is 10.1 Å². The van der Waals surface area contributed by atoms with Gasteiger partial charge in [0.25, 0.3) is 11.6 Å². The molecule has 0 saturated heterocycles. The van der Waals surface area contributed by atoms with E-state index in [2.05, 4.69) is 17.4 Å². The van der Waals surface area contributed by atoms with Crippen LogP contribution in [-0.4, -0.2) is 24.0 Å². The molecule has 1 N–H and O–H groups in total. The molecule has 0 heterocycles. The van der Waals surface area contributed by atoms with Gasteiger partial charge in [-0.1, -0.05) is 30.3 Å². The molecule has 2 aromatic rings. The Hall–Kier alpha value is -2.89. The van der Waals surface area contributed by atoms with Crippen molar-refractivity contribution in [3.05, 3.63) is 69.8 Å². The van der Waals surface area contributed by atoms with Gasteiger partial charge < -0.3 is 10.1 Å². The number of ether oxygens (including phenoxy) is 1. The molecule has 1 aliphatic carbocycles. The van der Waals surface area contributed by atoms with Crippen molar-refractivity contribution < 1.29 is 14.5 Å². The number of carbonyl (C=O) groups excluding carboxylic acids is 1. The van der Waals surface area contributed by atoms with Gasteiger partial charge in [-0.25, -0.2) is 0 Å². The van der Waals surface area contributed by atoms with Gasteiger partial charge in [0, 0.05) is 12.1 Å². The Balaban J connectivity index is 1.67. The molecule has 1 amide bonds. The highest BCUT2D eigenvalue weighted by atomic mass is 16.6. The minimum Gasteiger partial charge on any atom is -0.497 e. The van der Waals surface area contributed by atoms with Crippen LogP contribution in [0.5, 0.6) is 5.75 Å². The van der Waals surface area contributed by atoms with Gasteiger partial charge >= 0.3 is 0 Å². The van der Waals surface area contributed by atoms with E-state index in [9.17, 15) is 14.9 Å². The zero-order valence-electron chi connectivity index (χ0n) is 13.3. The molecule has 6 nitrogen and oxygen atoms in total. The highest BCUT2D eigenvalue weighted by Gasteiger charge is 2.32. The van der Waals surface area contributed by atoms with E-state index in [4.69, 9.17) is 4.74 Å². The van der Waals surface area contributed by atoms with Crippen molar-refractivity contribution in [2.45, 2.75) is 24.8 Å². The van der Waals surface area contributed by atoms with Gasteiger partial charge in [-0.2, -0.15) is 0 Å². The Morgan fingerprint density at radius 1 is 1.21 bits per heavy atom. The van der Waals surface area contributed by atoms with Crippen LogP contribution >= 0.6 is 0 Å². The van der Waals surface area contributed by atoms with E-state index in [0.29, 0.717) is 11.7 Å². The number of amides is 1. The van der Waals surface area contributed by atoms with Crippen LogP contribution in [0.3, 0.4) is 0 Å². The molecule has 1 saturated carbocycles. The second kappa shape index (κ2) is 6.70. The Bertz CT molecular complexity index is 755. The standard InChI is InChI=1S/C18H18N2O4/c1-24-15-7-8-17(20(22)23)16(11-15)18(21)19-14-9-13(10-14)12-5-3-2-4-6-12/h2-8,11,13-14H,9-10H2,1H3,(H,19,21). The number of nitro benzene ring substituents is 1. The van der Waals surface area contributed by atoms with E-state index in [-0.39, 0.29) is 17.3 Å². The molecule has 6 heteroatoms. The topological polar surface area (TPSA) is 81.5 Å². The van der Waals surface area contributed by atoms with Crippen LogP contribution in [0.2, 0.25) is 0 Å². The molecule has 0 unspecified atom stereocenters. The normalized spacial score (nSPS) is 19.2. The SMILES string of the molecule is COc1ccc([N+](=O)[O-])c(C(=O)NC2CC(c3ccccc3)C2)c1. The fourth-order valence-electron chi connectivity index (χ4n) is 2.98. The first kappa shape index (κ1) is 16.0. The lowest BCUT2D eigenvalue weighted by molar-refractivity contribution is -0.385. The van der Waals surface area contributed by atoms with E-state index in [0.717, 1.165) is 12.8 Å². The van der Waals surface area contributed by atoms with Crippen molar-refractivity contribution >= 4 is 11.6 Å². The van der Waals surface area contributed by atoms with Crippen LogP contribution in [0.1, 0.15) is 34.7 Å². The maximum atomic E-state index is 12.4. The molecule has 3 rings (SSSR count). The average molecular weight is 326 g/mol. The summed E-state index contributed by atoms with van der Waals surface area (Å²) in [4.78, 5) is 23.0. The zero-order valence-corrected chi connectivity index (χ0v) is 13.3. The van der Waals surface area contributed by atoms with Gasteiger partial charge in [0.15, 0.2) is 0 Å². The van der Waals surface area contributed by atoms with Crippen molar-refractivity contribution in [1.29, 1.82) is 0 Å². The second-order valence-corrected chi connectivity index (χ2v) is 5.89. The van der Waals surface area contributed by atoms with Crippen molar-refractivity contribution in [3.63, 3.8) is 0 Å². The Morgan fingerprint density at radius 3 is 2.54 bits per heavy atom. The van der Waals surface area contributed by atoms with Crippen LogP contribution in [-0.2, 0) is 0 Å². The molecule has 0 aliphatic heterocycles. The Morgan fingerprint density at radius 2 is 1.92 bits per heavy atom. The van der Waals surface area contributed by atoms with Crippen molar-refractivity contribution in [1.82, 2.24) is 5.32 Å². The zero-order chi connectivity index (χ0) is 17.1. The number of nitrogens with one attached hydrogen (secondary N) is 1. The van der Waals surface area contributed by atoms with E-state index in [1.165, 1.54) is 30.9 Å². The molecule has 0 atom stereocenters. The lowest BCUT2D eigenvalue weighted by Crippen LogP contribution is -2.43. The summed E-state index contributed by atoms with van der Waals surface area (Å²) < 4.78 is 5.06. The summed E-state index contributed by atoms with van der Waals surface area (Å²) in [5, 5.41) is 14.0. The number of carbonyl (C=O) groups is 1. The molecular formula is C18H18N2O4. The number of benzene rings is 2. The predicted molar refractivity (Wildman–Crippen MR) is 89.3 cm³/mol. The Kier molecular flexibility index (Phi) is 4.46. The number of hydrogen-bond donors (Lipinski definition) is 1. The van der Waals surface area contributed by atoms with E-state index < -0.39 is 10.8 Å². The number of nitrogens with zero attached hydrogens (tertiary/aromatic N) is 1. The first-order valence-corrected chi connectivity index (χ1v) is 7.76. The fraction of sp³-hybridized carbons (Fsp3) is 0.278. The highest BCUT2D eigenvalue weighted by Crippen LogP contribution is 2.37. The predicted octanol–water partition coefficient (Wildman–Crippen LogP) is 3.28. The fourth-order valence-corrected chi connectivity index (χ4v) is 2.98. The molecule has 1 aliphatic rings. The molecule has 0 spiro atoms. The molecule has 2 aromatic carbocycles. The largest absolute Gasteiger partial charge is 0.497 e. The van der Waals surface area contributed by atoms with Gasteiger partial charge in [0.05, 0.1) is 12.0 Å². The molecule has 124 valence electrons. The third-order valence-electron chi connectivity index (χ3n) is 4.39. The van der Waals surface area contributed by atoms with Crippen LogP contribution < -0.4 is 10.1 Å². The molecular weight excluding hydrogens is 308 g/mol. The summed E-state index contributed by atoms with van der Waals surface area (Å²) in [5.74, 6) is 0.412. The third kappa shape index (κ3) is 3.22. The van der Waals surface area contributed by atoms with Crippen LogP contribution in [0.15, 0.2) is 48.5 Å². The lowest BCUT2D eigenvalue weighted by atomic mass is 9.76. The minimum absolute atomic E-state index is 0.0301. The summed E-state index contributed by atoms with van der Waals surface area (Å²) in [6, 6.07) is 14.3. The Labute approximate surface area is 139 Å². The number of hydrogen-bond acceptors (Lipinski definition) is 4. The maximum absolute atomic E-state index is 12.4. The van der Waals surface area contributed by atoms with Gasteiger partial charge in [0.1, 0.15) is 11.3 Å². The summed E-state index contributed by atoms with van der Waals surface area (Å²) >= 11 is 0. The van der Waals surface area contributed by atoms with Crippen LogP contribution in [0.4, 0.5) is 5.69 Å². The van der Waals surface area contributed by atoms with Crippen molar-refractivity contribution in [3.8, 4) is 5.75 Å². The summed E-state index contributed by atoms with van der Waals surface area (Å²) in [7, 11) is 1.46. The first-order valence-electron chi connectivity index (χ1n) is 7.76. The van der Waals surface area contributed by atoms with E-state index >= 15 is 0 Å².